The molecule has 2 aromatic carbocycles. The molecule has 10 nitrogen and oxygen atoms in total. The molecule has 5 aromatic rings. The maximum absolute atomic E-state index is 14.8. The van der Waals surface area contributed by atoms with Gasteiger partial charge < -0.3 is 5.11 Å². The number of aromatic nitrogens is 8. The molecule has 0 saturated heterocycles. The molecular formula is C22H18F2N8O2. The van der Waals surface area contributed by atoms with E-state index in [1.165, 1.54) is 45.6 Å². The van der Waals surface area contributed by atoms with Crippen LogP contribution in [0, 0.1) is 11.6 Å². The van der Waals surface area contributed by atoms with Gasteiger partial charge in [0, 0.05) is 11.6 Å². The van der Waals surface area contributed by atoms with Crippen molar-refractivity contribution in [3.05, 3.63) is 95.6 Å². The second-order valence-corrected chi connectivity index (χ2v) is 7.82. The Morgan fingerprint density at radius 2 is 1.82 bits per heavy atom. The molecule has 0 saturated carbocycles. The van der Waals surface area contributed by atoms with Crippen LogP contribution in [-0.4, -0.2) is 44.2 Å². The van der Waals surface area contributed by atoms with Gasteiger partial charge in [0.1, 0.15) is 42.5 Å². The number of aliphatic hydroxyl groups is 1. The Morgan fingerprint density at radius 3 is 2.53 bits per heavy atom. The van der Waals surface area contributed by atoms with Crippen LogP contribution in [0.2, 0.25) is 0 Å². The Bertz CT molecular complexity index is 1520. The van der Waals surface area contributed by atoms with Gasteiger partial charge in [0.25, 0.3) is 5.56 Å². The van der Waals surface area contributed by atoms with Gasteiger partial charge in [-0.3, -0.25) is 9.36 Å². The lowest BCUT2D eigenvalue weighted by Crippen LogP contribution is -2.43. The molecule has 2 atom stereocenters. The first-order valence-electron chi connectivity index (χ1n) is 10.2. The van der Waals surface area contributed by atoms with E-state index in [4.69, 9.17) is 0 Å². The SMILES string of the molecule is CC(n1cnc2cc(-n3cncn3)ccc2c1=O)C(O)(Cn1cncn1)c1ccc(F)cc1F. The molecule has 0 bridgehead atoms. The van der Waals surface area contributed by atoms with Crippen molar-refractivity contribution in [2.24, 2.45) is 0 Å². The minimum absolute atomic E-state index is 0.189. The Kier molecular flexibility index (Phi) is 5.21. The normalized spacial score (nSPS) is 14.2. The number of hydrogen-bond donors (Lipinski definition) is 1. The molecule has 3 heterocycles. The Hall–Kier alpha value is -4.32. The van der Waals surface area contributed by atoms with Gasteiger partial charge in [-0.2, -0.15) is 10.2 Å². The molecule has 12 heteroatoms. The Balaban J connectivity index is 1.62. The topological polar surface area (TPSA) is 117 Å². The molecule has 0 aliphatic rings. The van der Waals surface area contributed by atoms with Crippen molar-refractivity contribution < 1.29 is 13.9 Å². The fraction of sp³-hybridized carbons (Fsp3) is 0.182. The van der Waals surface area contributed by atoms with Gasteiger partial charge >= 0.3 is 0 Å². The van der Waals surface area contributed by atoms with Crippen LogP contribution in [0.25, 0.3) is 16.6 Å². The average Bonchev–Trinajstić information content (AvgIpc) is 3.53. The minimum Gasteiger partial charge on any atom is -0.381 e. The van der Waals surface area contributed by atoms with Crippen molar-refractivity contribution in [1.29, 1.82) is 0 Å². The van der Waals surface area contributed by atoms with Crippen LogP contribution in [-0.2, 0) is 12.1 Å². The molecule has 172 valence electrons. The van der Waals surface area contributed by atoms with Crippen LogP contribution < -0.4 is 5.56 Å². The van der Waals surface area contributed by atoms with E-state index in [0.29, 0.717) is 22.7 Å². The maximum atomic E-state index is 14.8. The number of halogens is 2. The zero-order chi connectivity index (χ0) is 23.9. The van der Waals surface area contributed by atoms with Gasteiger partial charge in [0.05, 0.1) is 35.5 Å². The zero-order valence-corrected chi connectivity index (χ0v) is 17.8. The van der Waals surface area contributed by atoms with Gasteiger partial charge in [-0.15, -0.1) is 0 Å². The van der Waals surface area contributed by atoms with Crippen molar-refractivity contribution in [1.82, 2.24) is 39.1 Å². The maximum Gasteiger partial charge on any atom is 0.261 e. The lowest BCUT2D eigenvalue weighted by atomic mass is 9.86. The van der Waals surface area contributed by atoms with Crippen molar-refractivity contribution in [3.8, 4) is 5.69 Å². The molecule has 2 unspecified atom stereocenters. The molecule has 0 aliphatic carbocycles. The smallest absolute Gasteiger partial charge is 0.261 e. The van der Waals surface area contributed by atoms with E-state index < -0.39 is 28.8 Å². The highest BCUT2D eigenvalue weighted by Gasteiger charge is 2.41. The van der Waals surface area contributed by atoms with Crippen LogP contribution in [0.1, 0.15) is 18.5 Å². The number of nitrogens with zero attached hydrogens (tertiary/aromatic N) is 8. The monoisotopic (exact) mass is 464 g/mol. The highest BCUT2D eigenvalue weighted by atomic mass is 19.1. The molecule has 1 N–H and O–H groups in total. The van der Waals surface area contributed by atoms with Gasteiger partial charge in [-0.25, -0.2) is 33.1 Å². The van der Waals surface area contributed by atoms with Gasteiger partial charge in [-0.1, -0.05) is 6.07 Å². The average molecular weight is 464 g/mol. The third-order valence-electron chi connectivity index (χ3n) is 5.83. The van der Waals surface area contributed by atoms with E-state index in [0.717, 1.165) is 12.1 Å². The summed E-state index contributed by atoms with van der Waals surface area (Å²) in [6.45, 7) is 1.31. The summed E-state index contributed by atoms with van der Waals surface area (Å²) < 4.78 is 32.5. The quantitative estimate of drug-likeness (QED) is 0.409. The van der Waals surface area contributed by atoms with E-state index in [1.54, 1.807) is 25.1 Å². The molecule has 0 amide bonds. The summed E-state index contributed by atoms with van der Waals surface area (Å²) in [6.07, 6.45) is 6.82. The first-order valence-corrected chi connectivity index (χ1v) is 10.2. The lowest BCUT2D eigenvalue weighted by molar-refractivity contribution is -0.0343. The van der Waals surface area contributed by atoms with Crippen LogP contribution >= 0.6 is 0 Å². The molecule has 0 radical (unpaired) electrons. The Morgan fingerprint density at radius 1 is 1.03 bits per heavy atom. The Labute approximate surface area is 190 Å². The fourth-order valence-corrected chi connectivity index (χ4v) is 3.96. The van der Waals surface area contributed by atoms with Crippen molar-refractivity contribution in [2.45, 2.75) is 25.1 Å². The van der Waals surface area contributed by atoms with Crippen molar-refractivity contribution >= 4 is 10.9 Å². The van der Waals surface area contributed by atoms with E-state index in [1.807, 2.05) is 0 Å². The van der Waals surface area contributed by atoms with Crippen molar-refractivity contribution in [3.63, 3.8) is 0 Å². The standard InChI is InChI=1S/C22H18F2N8O2/c1-14(22(34,8-30-11-25-9-28-30)18-5-2-15(23)6-19(18)24)31-13-27-20-7-16(32-12-26-10-29-32)3-4-17(20)21(31)33/h2-7,9-14,34H,8H2,1H3. The van der Waals surface area contributed by atoms with Crippen LogP contribution in [0.3, 0.4) is 0 Å². The number of rotatable bonds is 6. The van der Waals surface area contributed by atoms with Crippen LogP contribution in [0.15, 0.2) is 72.8 Å². The zero-order valence-electron chi connectivity index (χ0n) is 17.8. The molecule has 3 aromatic heterocycles. The summed E-state index contributed by atoms with van der Waals surface area (Å²) in [5.41, 5.74) is -1.55. The summed E-state index contributed by atoms with van der Waals surface area (Å²) in [5, 5.41) is 20.1. The molecule has 0 fully saturated rings. The number of fused-ring (bicyclic) bond motifs is 1. The first-order chi connectivity index (χ1) is 16.4. The van der Waals surface area contributed by atoms with Crippen LogP contribution in [0.5, 0.6) is 0 Å². The molecule has 0 aliphatic heterocycles. The number of benzene rings is 2. The molecular weight excluding hydrogens is 446 g/mol. The van der Waals surface area contributed by atoms with Gasteiger partial charge in [0.2, 0.25) is 0 Å². The predicted octanol–water partition coefficient (Wildman–Crippen LogP) is 2.00. The first kappa shape index (κ1) is 21.5. The summed E-state index contributed by atoms with van der Waals surface area (Å²) in [4.78, 5) is 25.5. The third kappa shape index (κ3) is 3.63. The number of hydrogen-bond acceptors (Lipinski definition) is 7. The third-order valence-corrected chi connectivity index (χ3v) is 5.83. The highest BCUT2D eigenvalue weighted by Crippen LogP contribution is 2.36. The van der Waals surface area contributed by atoms with Crippen molar-refractivity contribution in [2.75, 3.05) is 0 Å². The largest absolute Gasteiger partial charge is 0.381 e. The van der Waals surface area contributed by atoms with Gasteiger partial charge in [-0.05, 0) is 31.2 Å². The van der Waals surface area contributed by atoms with E-state index >= 15 is 0 Å². The van der Waals surface area contributed by atoms with Gasteiger partial charge in [0.15, 0.2) is 0 Å². The van der Waals surface area contributed by atoms with E-state index in [2.05, 4.69) is 25.1 Å². The minimum atomic E-state index is -1.99. The molecule has 5 rings (SSSR count). The summed E-state index contributed by atoms with van der Waals surface area (Å²) in [6, 6.07) is 6.84. The second kappa shape index (κ2) is 8.23. The lowest BCUT2D eigenvalue weighted by Gasteiger charge is -2.35. The summed E-state index contributed by atoms with van der Waals surface area (Å²) in [5.74, 6) is -1.74. The van der Waals surface area contributed by atoms with E-state index in [9.17, 15) is 18.7 Å². The second-order valence-electron chi connectivity index (χ2n) is 7.82. The van der Waals surface area contributed by atoms with E-state index in [-0.39, 0.29) is 12.1 Å². The molecule has 34 heavy (non-hydrogen) atoms. The summed E-state index contributed by atoms with van der Waals surface area (Å²) in [7, 11) is 0. The summed E-state index contributed by atoms with van der Waals surface area (Å²) >= 11 is 0. The molecule has 0 spiro atoms. The predicted molar refractivity (Wildman–Crippen MR) is 116 cm³/mol. The highest BCUT2D eigenvalue weighted by molar-refractivity contribution is 5.79. The fourth-order valence-electron chi connectivity index (χ4n) is 3.96. The van der Waals surface area contributed by atoms with Crippen LogP contribution in [0.4, 0.5) is 8.78 Å².